The van der Waals surface area contributed by atoms with Gasteiger partial charge in [-0.3, -0.25) is 0 Å². The van der Waals surface area contributed by atoms with Gasteiger partial charge in [0.05, 0.1) is 10.7 Å². The first kappa shape index (κ1) is 11.9. The van der Waals surface area contributed by atoms with Crippen molar-refractivity contribution < 1.29 is 8.42 Å². The van der Waals surface area contributed by atoms with Crippen LogP contribution in [0.15, 0.2) is 47.9 Å². The molecule has 0 saturated heterocycles. The second kappa shape index (κ2) is 4.59. The predicted molar refractivity (Wildman–Crippen MR) is 63.2 cm³/mol. The second-order valence-corrected chi connectivity index (χ2v) is 5.24. The average Bonchev–Trinajstić information content (AvgIpc) is 2.45. The summed E-state index contributed by atoms with van der Waals surface area (Å²) < 4.78 is 23.4. The first-order valence-corrected chi connectivity index (χ1v) is 6.27. The summed E-state index contributed by atoms with van der Waals surface area (Å²) in [6.45, 7) is 7.10. The molecule has 3 nitrogen and oxygen atoms in total. The Morgan fingerprint density at radius 2 is 2.13 bits per heavy atom. The van der Waals surface area contributed by atoms with E-state index in [0.29, 0.717) is 4.91 Å². The van der Waals surface area contributed by atoms with E-state index in [2.05, 4.69) is 18.5 Å². The maximum absolute atomic E-state index is 11.7. The molecular formula is C11H15NO2S. The molecule has 1 atom stereocenters. The van der Waals surface area contributed by atoms with Crippen molar-refractivity contribution >= 4 is 9.84 Å². The molecule has 1 rings (SSSR count). The van der Waals surface area contributed by atoms with Crippen molar-refractivity contribution in [3.05, 3.63) is 47.9 Å². The van der Waals surface area contributed by atoms with Gasteiger partial charge in [0.15, 0.2) is 9.84 Å². The van der Waals surface area contributed by atoms with Crippen LogP contribution in [0.3, 0.4) is 0 Å². The Morgan fingerprint density at radius 3 is 2.60 bits per heavy atom. The van der Waals surface area contributed by atoms with E-state index < -0.39 is 9.84 Å². The summed E-state index contributed by atoms with van der Waals surface area (Å²) in [7, 11) is -1.42. The topological polar surface area (TPSA) is 46.2 Å². The quantitative estimate of drug-likeness (QED) is 0.731. The van der Waals surface area contributed by atoms with Crippen LogP contribution >= 0.6 is 0 Å². The third-order valence-electron chi connectivity index (χ3n) is 2.33. The largest absolute Gasteiger partial charge is 0.312 e. The van der Waals surface area contributed by atoms with Crippen LogP contribution in [0, 0.1) is 0 Å². The maximum atomic E-state index is 11.7. The number of likely N-dealkylation sites (N-methyl/N-ethyl adjacent to an activating group) is 1. The van der Waals surface area contributed by atoms with Crippen molar-refractivity contribution in [2.75, 3.05) is 12.8 Å². The molecule has 0 radical (unpaired) electrons. The van der Waals surface area contributed by atoms with Gasteiger partial charge in [-0.1, -0.05) is 37.5 Å². The minimum atomic E-state index is -3.16. The fourth-order valence-corrected chi connectivity index (χ4v) is 3.39. The van der Waals surface area contributed by atoms with Gasteiger partial charge in [0.1, 0.15) is 0 Å². The van der Waals surface area contributed by atoms with Crippen molar-refractivity contribution in [1.82, 2.24) is 5.32 Å². The van der Waals surface area contributed by atoms with Gasteiger partial charge in [0.2, 0.25) is 0 Å². The molecule has 0 saturated carbocycles. The SMILES string of the molecule is C=C/C=C\C1=C(C=C)S(=O)(=O)CC1NC. The Kier molecular flexibility index (Phi) is 3.66. The molecule has 0 aliphatic carbocycles. The third kappa shape index (κ3) is 2.27. The minimum Gasteiger partial charge on any atom is -0.312 e. The smallest absolute Gasteiger partial charge is 0.180 e. The third-order valence-corrected chi connectivity index (χ3v) is 4.17. The van der Waals surface area contributed by atoms with Gasteiger partial charge in [-0.15, -0.1) is 0 Å². The van der Waals surface area contributed by atoms with E-state index in [0.717, 1.165) is 5.57 Å². The molecule has 1 N–H and O–H groups in total. The van der Waals surface area contributed by atoms with Crippen molar-refractivity contribution in [2.45, 2.75) is 6.04 Å². The lowest BCUT2D eigenvalue weighted by Crippen LogP contribution is -2.28. The molecule has 0 fully saturated rings. The Labute approximate surface area is 90.8 Å². The highest BCUT2D eigenvalue weighted by Gasteiger charge is 2.33. The van der Waals surface area contributed by atoms with Gasteiger partial charge in [0.25, 0.3) is 0 Å². The number of hydrogen-bond acceptors (Lipinski definition) is 3. The molecule has 0 spiro atoms. The number of allylic oxidation sites excluding steroid dienone is 3. The summed E-state index contributed by atoms with van der Waals surface area (Å²) >= 11 is 0. The van der Waals surface area contributed by atoms with Gasteiger partial charge in [-0.2, -0.15) is 0 Å². The van der Waals surface area contributed by atoms with Gasteiger partial charge in [-0.05, 0) is 12.6 Å². The molecular weight excluding hydrogens is 210 g/mol. The van der Waals surface area contributed by atoms with Crippen LogP contribution in [-0.4, -0.2) is 27.3 Å². The summed E-state index contributed by atoms with van der Waals surface area (Å²) in [4.78, 5) is 0.319. The molecule has 0 bridgehead atoms. The molecule has 0 aromatic carbocycles. The molecule has 0 aromatic heterocycles. The predicted octanol–water partition coefficient (Wildman–Crippen LogP) is 1.19. The standard InChI is InChI=1S/C11H15NO2S/c1-4-6-7-9-10(12-3)8-15(13,14)11(9)5-2/h4-7,10,12H,1-2,8H2,3H3/b7-6-. The molecule has 82 valence electrons. The lowest BCUT2D eigenvalue weighted by molar-refractivity contribution is 0.598. The molecule has 1 heterocycles. The lowest BCUT2D eigenvalue weighted by atomic mass is 10.1. The molecule has 1 aliphatic rings. The summed E-state index contributed by atoms with van der Waals surface area (Å²) in [5, 5.41) is 2.97. The van der Waals surface area contributed by atoms with E-state index in [4.69, 9.17) is 0 Å². The normalized spacial score (nSPS) is 24.7. The number of hydrogen-bond donors (Lipinski definition) is 1. The van der Waals surface area contributed by atoms with E-state index in [9.17, 15) is 8.42 Å². The van der Waals surface area contributed by atoms with E-state index >= 15 is 0 Å². The number of sulfone groups is 1. The first-order chi connectivity index (χ1) is 7.06. The summed E-state index contributed by atoms with van der Waals surface area (Å²) in [5.74, 6) is 0.0989. The number of rotatable bonds is 4. The Morgan fingerprint density at radius 1 is 1.47 bits per heavy atom. The van der Waals surface area contributed by atoms with Gasteiger partial charge in [0, 0.05) is 6.04 Å². The Balaban J connectivity index is 3.27. The number of nitrogens with one attached hydrogen (secondary N) is 1. The highest BCUT2D eigenvalue weighted by atomic mass is 32.2. The highest BCUT2D eigenvalue weighted by molar-refractivity contribution is 7.95. The zero-order valence-corrected chi connectivity index (χ0v) is 9.55. The Hall–Kier alpha value is -1.13. The molecule has 4 heteroatoms. The molecule has 1 unspecified atom stereocenters. The van der Waals surface area contributed by atoms with Crippen LogP contribution in [-0.2, 0) is 9.84 Å². The molecule has 15 heavy (non-hydrogen) atoms. The summed E-state index contributed by atoms with van der Waals surface area (Å²) in [6, 6.07) is -0.154. The minimum absolute atomic E-state index is 0.0989. The highest BCUT2D eigenvalue weighted by Crippen LogP contribution is 2.27. The van der Waals surface area contributed by atoms with E-state index in [1.54, 1.807) is 25.3 Å². The van der Waals surface area contributed by atoms with Crippen LogP contribution in [0.4, 0.5) is 0 Å². The van der Waals surface area contributed by atoms with Crippen LogP contribution in [0.25, 0.3) is 0 Å². The first-order valence-electron chi connectivity index (χ1n) is 4.62. The maximum Gasteiger partial charge on any atom is 0.180 e. The van der Waals surface area contributed by atoms with Gasteiger partial charge < -0.3 is 5.32 Å². The summed E-state index contributed by atoms with van der Waals surface area (Å²) in [6.07, 6.45) is 6.50. The van der Waals surface area contributed by atoms with Crippen molar-refractivity contribution in [3.8, 4) is 0 Å². The van der Waals surface area contributed by atoms with Crippen LogP contribution in [0.5, 0.6) is 0 Å². The molecule has 0 aromatic rings. The van der Waals surface area contributed by atoms with Gasteiger partial charge >= 0.3 is 0 Å². The fourth-order valence-electron chi connectivity index (χ4n) is 1.60. The van der Waals surface area contributed by atoms with E-state index in [1.807, 2.05) is 0 Å². The molecule has 1 aliphatic heterocycles. The zero-order chi connectivity index (χ0) is 11.5. The summed E-state index contributed by atoms with van der Waals surface area (Å²) in [5.41, 5.74) is 0.757. The van der Waals surface area contributed by atoms with Crippen LogP contribution in [0.1, 0.15) is 0 Å². The van der Waals surface area contributed by atoms with E-state index in [1.165, 1.54) is 6.08 Å². The fraction of sp³-hybridized carbons (Fsp3) is 0.273. The van der Waals surface area contributed by atoms with Crippen molar-refractivity contribution in [1.29, 1.82) is 0 Å². The van der Waals surface area contributed by atoms with E-state index in [-0.39, 0.29) is 11.8 Å². The van der Waals surface area contributed by atoms with Gasteiger partial charge in [-0.25, -0.2) is 8.42 Å². The molecule has 0 amide bonds. The van der Waals surface area contributed by atoms with Crippen molar-refractivity contribution in [2.24, 2.45) is 0 Å². The van der Waals surface area contributed by atoms with Crippen LogP contribution in [0.2, 0.25) is 0 Å². The zero-order valence-electron chi connectivity index (χ0n) is 8.73. The second-order valence-electron chi connectivity index (χ2n) is 3.24. The van der Waals surface area contributed by atoms with Crippen molar-refractivity contribution in [3.63, 3.8) is 0 Å². The van der Waals surface area contributed by atoms with Crippen LogP contribution < -0.4 is 5.32 Å². The monoisotopic (exact) mass is 225 g/mol. The Bertz CT molecular complexity index is 430. The average molecular weight is 225 g/mol. The lowest BCUT2D eigenvalue weighted by Gasteiger charge is -2.08.